The highest BCUT2D eigenvalue weighted by molar-refractivity contribution is 6.09. The molecule has 0 aliphatic carbocycles. The van der Waals surface area contributed by atoms with Crippen LogP contribution in [0.25, 0.3) is 0 Å². The van der Waals surface area contributed by atoms with Gasteiger partial charge in [-0.1, -0.05) is 19.1 Å². The van der Waals surface area contributed by atoms with E-state index in [2.05, 4.69) is 17.1 Å². The van der Waals surface area contributed by atoms with E-state index in [1.165, 1.54) is 5.56 Å². The minimum absolute atomic E-state index is 0.103. The first-order chi connectivity index (χ1) is 10.8. The molecule has 5 heteroatoms. The van der Waals surface area contributed by atoms with E-state index in [1.54, 1.807) is 18.7 Å². The number of piperazine rings is 1. The Labute approximate surface area is 138 Å². The number of carbonyl (C=O) groups is 2. The first kappa shape index (κ1) is 17.5. The van der Waals surface area contributed by atoms with Crippen LogP contribution < -0.4 is 5.32 Å². The maximum atomic E-state index is 12.7. The number of hydrogen-bond acceptors (Lipinski definition) is 3. The molecular formula is C18H27N3O2. The van der Waals surface area contributed by atoms with Crippen molar-refractivity contribution in [3.63, 3.8) is 0 Å². The van der Waals surface area contributed by atoms with Crippen LogP contribution in [0.4, 0.5) is 5.69 Å². The van der Waals surface area contributed by atoms with Crippen LogP contribution in [0.1, 0.15) is 26.3 Å². The fourth-order valence-electron chi connectivity index (χ4n) is 2.61. The zero-order valence-corrected chi connectivity index (χ0v) is 14.6. The molecule has 5 nitrogen and oxygen atoms in total. The van der Waals surface area contributed by atoms with Crippen molar-refractivity contribution in [2.24, 2.45) is 5.41 Å². The number of amides is 2. The standard InChI is InChI=1S/C18H27N3O2/c1-5-14-6-8-15(9-7-14)19-16(22)18(2,3)17(23)21-12-10-20(4)11-13-21/h6-9H,5,10-13H2,1-4H3,(H,19,22). The molecule has 0 unspecified atom stereocenters. The molecule has 1 fully saturated rings. The van der Waals surface area contributed by atoms with E-state index < -0.39 is 5.41 Å². The van der Waals surface area contributed by atoms with Gasteiger partial charge in [0.2, 0.25) is 11.8 Å². The lowest BCUT2D eigenvalue weighted by atomic mass is 9.89. The van der Waals surface area contributed by atoms with Crippen LogP contribution in [0.15, 0.2) is 24.3 Å². The van der Waals surface area contributed by atoms with Crippen molar-refractivity contribution < 1.29 is 9.59 Å². The van der Waals surface area contributed by atoms with E-state index in [-0.39, 0.29) is 11.8 Å². The maximum Gasteiger partial charge on any atom is 0.239 e. The first-order valence-corrected chi connectivity index (χ1v) is 8.23. The molecule has 1 aliphatic rings. The first-order valence-electron chi connectivity index (χ1n) is 8.23. The Balaban J connectivity index is 2.02. The predicted octanol–water partition coefficient (Wildman–Crippen LogP) is 1.99. The minimum Gasteiger partial charge on any atom is -0.339 e. The number of benzene rings is 1. The third-order valence-corrected chi connectivity index (χ3v) is 4.51. The summed E-state index contributed by atoms with van der Waals surface area (Å²) in [5.41, 5.74) is 0.876. The summed E-state index contributed by atoms with van der Waals surface area (Å²) >= 11 is 0. The van der Waals surface area contributed by atoms with E-state index in [4.69, 9.17) is 0 Å². The molecule has 0 spiro atoms. The van der Waals surface area contributed by atoms with Gasteiger partial charge in [0, 0.05) is 31.9 Å². The Bertz CT molecular complexity index is 558. The van der Waals surface area contributed by atoms with Gasteiger partial charge in [-0.3, -0.25) is 9.59 Å². The van der Waals surface area contributed by atoms with Gasteiger partial charge < -0.3 is 15.1 Å². The molecule has 1 heterocycles. The molecule has 2 amide bonds. The normalized spacial score (nSPS) is 16.3. The van der Waals surface area contributed by atoms with Gasteiger partial charge in [0.05, 0.1) is 0 Å². The van der Waals surface area contributed by atoms with E-state index in [0.717, 1.165) is 25.2 Å². The van der Waals surface area contributed by atoms with Crippen LogP contribution in [-0.4, -0.2) is 54.8 Å². The molecule has 1 aromatic rings. The second-order valence-electron chi connectivity index (χ2n) is 6.73. The van der Waals surface area contributed by atoms with Gasteiger partial charge in [0.15, 0.2) is 0 Å². The summed E-state index contributed by atoms with van der Waals surface area (Å²) < 4.78 is 0. The third kappa shape index (κ3) is 4.10. The van der Waals surface area contributed by atoms with Gasteiger partial charge >= 0.3 is 0 Å². The number of likely N-dealkylation sites (N-methyl/N-ethyl adjacent to an activating group) is 1. The lowest BCUT2D eigenvalue weighted by Crippen LogP contribution is -2.53. The molecule has 0 aromatic heterocycles. The maximum absolute atomic E-state index is 12.7. The molecule has 0 saturated carbocycles. The summed E-state index contributed by atoms with van der Waals surface area (Å²) in [5, 5.41) is 2.87. The monoisotopic (exact) mass is 317 g/mol. The summed E-state index contributed by atoms with van der Waals surface area (Å²) in [7, 11) is 2.04. The summed E-state index contributed by atoms with van der Waals surface area (Å²) in [6.07, 6.45) is 0.960. The van der Waals surface area contributed by atoms with Crippen LogP contribution in [0.2, 0.25) is 0 Å². The van der Waals surface area contributed by atoms with Crippen molar-refractivity contribution in [3.8, 4) is 0 Å². The van der Waals surface area contributed by atoms with Gasteiger partial charge in [-0.05, 0) is 45.0 Å². The average molecular weight is 317 g/mol. The molecule has 23 heavy (non-hydrogen) atoms. The highest BCUT2D eigenvalue weighted by Crippen LogP contribution is 2.23. The van der Waals surface area contributed by atoms with E-state index in [0.29, 0.717) is 13.1 Å². The molecule has 0 atom stereocenters. The van der Waals surface area contributed by atoms with Gasteiger partial charge in [-0.2, -0.15) is 0 Å². The predicted molar refractivity (Wildman–Crippen MR) is 92.3 cm³/mol. The fraction of sp³-hybridized carbons (Fsp3) is 0.556. The number of anilines is 1. The lowest BCUT2D eigenvalue weighted by Gasteiger charge is -2.36. The van der Waals surface area contributed by atoms with E-state index >= 15 is 0 Å². The number of carbonyl (C=O) groups excluding carboxylic acids is 2. The zero-order valence-electron chi connectivity index (χ0n) is 14.6. The van der Waals surface area contributed by atoms with Crippen LogP contribution in [0, 0.1) is 5.41 Å². The molecule has 0 bridgehead atoms. The molecular weight excluding hydrogens is 290 g/mol. The van der Waals surface area contributed by atoms with Gasteiger partial charge in [0.1, 0.15) is 5.41 Å². The quantitative estimate of drug-likeness (QED) is 0.864. The number of rotatable bonds is 4. The Kier molecular flexibility index (Phi) is 5.42. The van der Waals surface area contributed by atoms with Crippen molar-refractivity contribution in [3.05, 3.63) is 29.8 Å². The van der Waals surface area contributed by atoms with E-state index in [1.807, 2.05) is 31.3 Å². The molecule has 1 saturated heterocycles. The second kappa shape index (κ2) is 7.13. The van der Waals surface area contributed by atoms with Crippen LogP contribution in [0.3, 0.4) is 0 Å². The number of hydrogen-bond donors (Lipinski definition) is 1. The SMILES string of the molecule is CCc1ccc(NC(=O)C(C)(C)C(=O)N2CCN(C)CC2)cc1. The van der Waals surface area contributed by atoms with Crippen molar-refractivity contribution in [1.82, 2.24) is 9.80 Å². The molecule has 1 N–H and O–H groups in total. The van der Waals surface area contributed by atoms with Gasteiger partial charge in [0.25, 0.3) is 0 Å². The largest absolute Gasteiger partial charge is 0.339 e. The number of aryl methyl sites for hydroxylation is 1. The second-order valence-corrected chi connectivity index (χ2v) is 6.73. The number of nitrogens with zero attached hydrogens (tertiary/aromatic N) is 2. The number of nitrogens with one attached hydrogen (secondary N) is 1. The van der Waals surface area contributed by atoms with Crippen LogP contribution in [0.5, 0.6) is 0 Å². The summed E-state index contributed by atoms with van der Waals surface area (Å²) in [4.78, 5) is 29.3. The minimum atomic E-state index is -1.07. The van der Waals surface area contributed by atoms with Crippen molar-refractivity contribution in [2.45, 2.75) is 27.2 Å². The van der Waals surface area contributed by atoms with Crippen molar-refractivity contribution in [2.75, 3.05) is 38.5 Å². The topological polar surface area (TPSA) is 52.7 Å². The molecule has 2 rings (SSSR count). The third-order valence-electron chi connectivity index (χ3n) is 4.51. The fourth-order valence-corrected chi connectivity index (χ4v) is 2.61. The summed E-state index contributed by atoms with van der Waals surface area (Å²) in [5.74, 6) is -0.362. The van der Waals surface area contributed by atoms with Crippen LogP contribution in [-0.2, 0) is 16.0 Å². The van der Waals surface area contributed by atoms with Gasteiger partial charge in [-0.25, -0.2) is 0 Å². The van der Waals surface area contributed by atoms with Crippen LogP contribution >= 0.6 is 0 Å². The Morgan fingerprint density at radius 2 is 1.65 bits per heavy atom. The summed E-state index contributed by atoms with van der Waals surface area (Å²) in [6, 6.07) is 7.75. The van der Waals surface area contributed by atoms with Crippen molar-refractivity contribution in [1.29, 1.82) is 0 Å². The van der Waals surface area contributed by atoms with Gasteiger partial charge in [-0.15, -0.1) is 0 Å². The highest BCUT2D eigenvalue weighted by atomic mass is 16.2. The Hall–Kier alpha value is -1.88. The molecule has 1 aliphatic heterocycles. The summed E-state index contributed by atoms with van der Waals surface area (Å²) in [6.45, 7) is 8.54. The zero-order chi connectivity index (χ0) is 17.0. The highest BCUT2D eigenvalue weighted by Gasteiger charge is 2.39. The Morgan fingerprint density at radius 1 is 1.09 bits per heavy atom. The molecule has 0 radical (unpaired) electrons. The molecule has 126 valence electrons. The molecule has 1 aromatic carbocycles. The smallest absolute Gasteiger partial charge is 0.239 e. The van der Waals surface area contributed by atoms with Crippen molar-refractivity contribution >= 4 is 17.5 Å². The van der Waals surface area contributed by atoms with E-state index in [9.17, 15) is 9.59 Å². The lowest BCUT2D eigenvalue weighted by molar-refractivity contribution is -0.147. The Morgan fingerprint density at radius 3 is 2.17 bits per heavy atom. The average Bonchev–Trinajstić information content (AvgIpc) is 2.55.